The number of carbonyl (C=O) groups excluding carboxylic acids is 2. The molecule has 0 spiro atoms. The van der Waals surface area contributed by atoms with Crippen LogP contribution in [0.25, 0.3) is 0 Å². The van der Waals surface area contributed by atoms with Crippen LogP contribution in [-0.2, 0) is 9.59 Å². The molecule has 0 fully saturated rings. The molecule has 0 aromatic carbocycles. The lowest BCUT2D eigenvalue weighted by molar-refractivity contribution is -0.114. The van der Waals surface area contributed by atoms with Gasteiger partial charge in [-0.05, 0) is 19.1 Å². The third kappa shape index (κ3) is 30.5. The van der Waals surface area contributed by atoms with Gasteiger partial charge in [0.25, 0.3) is 0 Å². The van der Waals surface area contributed by atoms with Crippen molar-refractivity contribution < 1.29 is 9.59 Å². The molecule has 0 atom stereocenters. The zero-order valence-electron chi connectivity index (χ0n) is 5.96. The van der Waals surface area contributed by atoms with Gasteiger partial charge in [0.1, 0.15) is 0 Å². The molecule has 0 bridgehead atoms. The van der Waals surface area contributed by atoms with Crippen molar-refractivity contribution in [3.8, 4) is 0 Å². The lowest BCUT2D eigenvalue weighted by Gasteiger charge is -1.65. The molecule has 0 rings (SSSR count). The molecule has 0 saturated heterocycles. The van der Waals surface area contributed by atoms with Crippen LogP contribution in [0, 0.1) is 0 Å². The molecule has 0 aliphatic heterocycles. The Balaban J connectivity index is 0. The SMILES string of the molecule is C=CC(C)=O.C=CC(N)=O. The summed E-state index contributed by atoms with van der Waals surface area (Å²) in [4.78, 5) is 19.2. The van der Waals surface area contributed by atoms with Crippen LogP contribution in [0.5, 0.6) is 0 Å². The largest absolute Gasteiger partial charge is 0.366 e. The summed E-state index contributed by atoms with van der Waals surface area (Å²) in [6.45, 7) is 7.76. The van der Waals surface area contributed by atoms with Gasteiger partial charge in [0.2, 0.25) is 5.91 Å². The quantitative estimate of drug-likeness (QED) is 0.566. The molecule has 0 aromatic heterocycles. The minimum absolute atomic E-state index is 0.0185. The lowest BCUT2D eigenvalue weighted by atomic mass is 10.5. The molecule has 3 nitrogen and oxygen atoms in total. The Morgan fingerprint density at radius 2 is 1.50 bits per heavy atom. The fourth-order valence-corrected chi connectivity index (χ4v) is 0. The van der Waals surface area contributed by atoms with Crippen molar-refractivity contribution in [3.63, 3.8) is 0 Å². The average molecular weight is 141 g/mol. The molecule has 10 heavy (non-hydrogen) atoms. The van der Waals surface area contributed by atoms with Crippen LogP contribution >= 0.6 is 0 Å². The number of allylic oxidation sites excluding steroid dienone is 1. The second kappa shape index (κ2) is 7.62. The maximum atomic E-state index is 9.69. The summed E-state index contributed by atoms with van der Waals surface area (Å²) in [5.41, 5.74) is 4.53. The summed E-state index contributed by atoms with van der Waals surface area (Å²) in [6, 6.07) is 0. The van der Waals surface area contributed by atoms with Crippen molar-refractivity contribution in [2.75, 3.05) is 0 Å². The summed E-state index contributed by atoms with van der Waals surface area (Å²) in [5.74, 6) is -0.463. The molecule has 0 heterocycles. The standard InChI is InChI=1S/C4H6O.C3H5NO/c1-3-4(2)5;1-2-3(4)5/h3H,1H2,2H3;2H,1H2,(H2,4,5). The van der Waals surface area contributed by atoms with Gasteiger partial charge in [-0.2, -0.15) is 0 Å². The van der Waals surface area contributed by atoms with E-state index in [-0.39, 0.29) is 5.78 Å². The van der Waals surface area contributed by atoms with Crippen LogP contribution in [-0.4, -0.2) is 11.7 Å². The van der Waals surface area contributed by atoms with Gasteiger partial charge in [-0.1, -0.05) is 13.2 Å². The molecule has 0 radical (unpaired) electrons. The Labute approximate surface area is 60.2 Å². The molecule has 2 N–H and O–H groups in total. The monoisotopic (exact) mass is 141 g/mol. The number of amides is 1. The summed E-state index contributed by atoms with van der Waals surface area (Å²) in [6.07, 6.45) is 2.33. The first-order chi connectivity index (χ1) is 4.54. The molecule has 0 aliphatic rings. The highest BCUT2D eigenvalue weighted by atomic mass is 16.1. The van der Waals surface area contributed by atoms with Crippen LogP contribution in [0.1, 0.15) is 6.92 Å². The molecule has 3 heteroatoms. The predicted molar refractivity (Wildman–Crippen MR) is 40.3 cm³/mol. The summed E-state index contributed by atoms with van der Waals surface area (Å²) < 4.78 is 0. The normalized spacial score (nSPS) is 6.50. The second-order valence-electron chi connectivity index (χ2n) is 1.42. The van der Waals surface area contributed by atoms with Crippen LogP contribution in [0.2, 0.25) is 0 Å². The fourth-order valence-electron chi connectivity index (χ4n) is 0. The van der Waals surface area contributed by atoms with E-state index in [9.17, 15) is 9.59 Å². The van der Waals surface area contributed by atoms with Crippen molar-refractivity contribution in [1.29, 1.82) is 0 Å². The van der Waals surface area contributed by atoms with Gasteiger partial charge in [0.05, 0.1) is 0 Å². The van der Waals surface area contributed by atoms with Crippen molar-refractivity contribution >= 4 is 11.7 Å². The first-order valence-corrected chi connectivity index (χ1v) is 2.59. The Kier molecular flexibility index (Phi) is 8.70. The van der Waals surface area contributed by atoms with Crippen LogP contribution in [0.15, 0.2) is 25.3 Å². The number of carbonyl (C=O) groups is 2. The Hall–Kier alpha value is -1.38. The highest BCUT2D eigenvalue weighted by Crippen LogP contribution is 1.60. The lowest BCUT2D eigenvalue weighted by Crippen LogP contribution is -2.04. The molecule has 0 aromatic rings. The second-order valence-corrected chi connectivity index (χ2v) is 1.42. The van der Waals surface area contributed by atoms with Gasteiger partial charge in [-0.3, -0.25) is 9.59 Å². The molecular formula is C7H11NO2. The molecule has 1 amide bonds. The zero-order chi connectivity index (χ0) is 8.57. The molecule has 0 aliphatic carbocycles. The number of hydrogen-bond donors (Lipinski definition) is 1. The number of ketones is 1. The molecule has 56 valence electrons. The minimum atomic E-state index is -0.481. The predicted octanol–water partition coefficient (Wildman–Crippen LogP) is 0.419. The number of hydrogen-bond acceptors (Lipinski definition) is 2. The first-order valence-electron chi connectivity index (χ1n) is 2.59. The number of primary amides is 1. The smallest absolute Gasteiger partial charge is 0.240 e. The van der Waals surface area contributed by atoms with Crippen molar-refractivity contribution in [1.82, 2.24) is 0 Å². The number of rotatable bonds is 2. The Bertz CT molecular complexity index is 132. The van der Waals surface area contributed by atoms with E-state index in [1.54, 1.807) is 0 Å². The van der Waals surface area contributed by atoms with E-state index in [0.29, 0.717) is 0 Å². The van der Waals surface area contributed by atoms with E-state index in [1.165, 1.54) is 13.0 Å². The van der Waals surface area contributed by atoms with Crippen molar-refractivity contribution in [3.05, 3.63) is 25.3 Å². The summed E-state index contributed by atoms with van der Waals surface area (Å²) in [7, 11) is 0. The van der Waals surface area contributed by atoms with Crippen molar-refractivity contribution in [2.24, 2.45) is 5.73 Å². The maximum Gasteiger partial charge on any atom is 0.240 e. The van der Waals surface area contributed by atoms with Crippen LogP contribution < -0.4 is 5.73 Å². The van der Waals surface area contributed by atoms with Gasteiger partial charge in [0, 0.05) is 0 Å². The topological polar surface area (TPSA) is 60.2 Å². The van der Waals surface area contributed by atoms with Gasteiger partial charge >= 0.3 is 0 Å². The van der Waals surface area contributed by atoms with E-state index in [0.717, 1.165) is 6.08 Å². The van der Waals surface area contributed by atoms with E-state index >= 15 is 0 Å². The van der Waals surface area contributed by atoms with E-state index in [4.69, 9.17) is 0 Å². The maximum absolute atomic E-state index is 9.69. The zero-order valence-corrected chi connectivity index (χ0v) is 5.96. The van der Waals surface area contributed by atoms with Gasteiger partial charge in [-0.15, -0.1) is 0 Å². The van der Waals surface area contributed by atoms with Gasteiger partial charge in [-0.25, -0.2) is 0 Å². The van der Waals surface area contributed by atoms with E-state index < -0.39 is 5.91 Å². The average Bonchev–Trinajstić information content (AvgIpc) is 1.89. The van der Waals surface area contributed by atoms with Crippen LogP contribution in [0.3, 0.4) is 0 Å². The highest BCUT2D eigenvalue weighted by molar-refractivity contribution is 5.86. The van der Waals surface area contributed by atoms with E-state index in [2.05, 4.69) is 18.9 Å². The third-order valence-corrected chi connectivity index (χ3v) is 0.489. The molecular weight excluding hydrogens is 130 g/mol. The summed E-state index contributed by atoms with van der Waals surface area (Å²) in [5, 5.41) is 0. The Morgan fingerprint density at radius 1 is 1.30 bits per heavy atom. The minimum Gasteiger partial charge on any atom is -0.366 e. The van der Waals surface area contributed by atoms with E-state index in [1.807, 2.05) is 0 Å². The fraction of sp³-hybridized carbons (Fsp3) is 0.143. The van der Waals surface area contributed by atoms with Crippen LogP contribution in [0.4, 0.5) is 0 Å². The van der Waals surface area contributed by atoms with Gasteiger partial charge < -0.3 is 5.73 Å². The van der Waals surface area contributed by atoms with Gasteiger partial charge in [0.15, 0.2) is 5.78 Å². The molecule has 0 unspecified atom stereocenters. The third-order valence-electron chi connectivity index (χ3n) is 0.489. The Morgan fingerprint density at radius 3 is 1.50 bits per heavy atom. The number of nitrogens with two attached hydrogens (primary N) is 1. The molecule has 0 saturated carbocycles. The highest BCUT2D eigenvalue weighted by Gasteiger charge is 1.70. The summed E-state index contributed by atoms with van der Waals surface area (Å²) >= 11 is 0. The van der Waals surface area contributed by atoms with Crippen molar-refractivity contribution in [2.45, 2.75) is 6.92 Å². The first kappa shape index (κ1) is 11.4.